The van der Waals surface area contributed by atoms with E-state index >= 15 is 0 Å². The summed E-state index contributed by atoms with van der Waals surface area (Å²) >= 11 is 0. The zero-order chi connectivity index (χ0) is 26.5. The lowest BCUT2D eigenvalue weighted by Crippen LogP contribution is -2.44. The molecular weight excluding hydrogens is 478 g/mol. The molecule has 0 fully saturated rings. The van der Waals surface area contributed by atoms with E-state index in [-0.39, 0.29) is 23.6 Å². The van der Waals surface area contributed by atoms with Crippen molar-refractivity contribution in [2.24, 2.45) is 0 Å². The Bertz CT molecular complexity index is 1780. The smallest absolute Gasteiger partial charge is 0.261 e. The molecule has 0 spiro atoms. The van der Waals surface area contributed by atoms with Crippen LogP contribution in [-0.2, 0) is 0 Å². The molecule has 0 N–H and O–H groups in total. The summed E-state index contributed by atoms with van der Waals surface area (Å²) in [6.45, 7) is 6.82. The average Bonchev–Trinajstić information content (AvgIpc) is 2.94. The fourth-order valence-electron chi connectivity index (χ4n) is 6.42. The van der Waals surface area contributed by atoms with Gasteiger partial charge >= 0.3 is 0 Å². The molecule has 2 aliphatic rings. The van der Waals surface area contributed by atoms with Crippen LogP contribution in [0.25, 0.3) is 43.1 Å². The zero-order valence-electron chi connectivity index (χ0n) is 21.4. The number of hydrogen-bond acceptors (Lipinski definition) is 5. The highest BCUT2D eigenvalue weighted by Gasteiger charge is 2.35. The average molecular weight is 504 g/mol. The maximum absolute atomic E-state index is 13.6. The molecule has 7 rings (SSSR count). The summed E-state index contributed by atoms with van der Waals surface area (Å²) in [5, 5.41) is 6.66. The molecule has 0 aliphatic carbocycles. The van der Waals surface area contributed by atoms with Crippen molar-refractivity contribution in [3.05, 3.63) is 70.8 Å². The Balaban J connectivity index is 1.51. The number of rotatable bonds is 5. The number of imide groups is 2. The van der Waals surface area contributed by atoms with Crippen LogP contribution in [0.5, 0.6) is 0 Å². The van der Waals surface area contributed by atoms with Crippen molar-refractivity contribution in [2.45, 2.75) is 13.8 Å². The van der Waals surface area contributed by atoms with Crippen LogP contribution in [0.1, 0.15) is 55.3 Å². The van der Waals surface area contributed by atoms with Gasteiger partial charge in [-0.1, -0.05) is 38.1 Å². The Labute approximate surface area is 218 Å². The van der Waals surface area contributed by atoms with Gasteiger partial charge in [0.25, 0.3) is 23.6 Å². The van der Waals surface area contributed by atoms with Crippen LogP contribution in [-0.4, -0.2) is 71.6 Å². The highest BCUT2D eigenvalue weighted by atomic mass is 16.2. The number of carbonyl (C=O) groups is 4. The standard InChI is InChI=1S/C31H25N3O4/c1-4-33(5-2)14-15-34-30(37)22-12-8-18-16-6-10-20-26-21(29(36)32(3)28(20)35)11-7-17(24(16)26)19-9-13-23(31(34)38)27(22)25(18)19/h6-13H,4-5,14-15H2,1-3H3. The summed E-state index contributed by atoms with van der Waals surface area (Å²) in [4.78, 5) is 57.9. The van der Waals surface area contributed by atoms with E-state index in [1.165, 1.54) is 11.9 Å². The minimum atomic E-state index is -0.316. The molecule has 188 valence electrons. The minimum Gasteiger partial charge on any atom is -0.302 e. The van der Waals surface area contributed by atoms with Crippen LogP contribution < -0.4 is 0 Å². The van der Waals surface area contributed by atoms with Crippen molar-refractivity contribution in [3.8, 4) is 0 Å². The third kappa shape index (κ3) is 2.71. The van der Waals surface area contributed by atoms with E-state index < -0.39 is 0 Å². The van der Waals surface area contributed by atoms with Crippen molar-refractivity contribution < 1.29 is 19.2 Å². The number of benzene rings is 5. The van der Waals surface area contributed by atoms with Crippen LogP contribution in [0, 0.1) is 0 Å². The van der Waals surface area contributed by atoms with Crippen molar-refractivity contribution in [3.63, 3.8) is 0 Å². The molecule has 5 aromatic rings. The largest absolute Gasteiger partial charge is 0.302 e. The van der Waals surface area contributed by atoms with E-state index in [0.29, 0.717) is 46.1 Å². The molecule has 2 aliphatic heterocycles. The van der Waals surface area contributed by atoms with Gasteiger partial charge in [0.2, 0.25) is 0 Å². The van der Waals surface area contributed by atoms with E-state index in [4.69, 9.17) is 0 Å². The minimum absolute atomic E-state index is 0.270. The Kier molecular flexibility index (Phi) is 4.69. The Morgan fingerprint density at radius 3 is 1.29 bits per heavy atom. The first-order valence-electron chi connectivity index (χ1n) is 13.0. The lowest BCUT2D eigenvalue weighted by atomic mass is 9.82. The Morgan fingerprint density at radius 2 is 0.921 bits per heavy atom. The van der Waals surface area contributed by atoms with E-state index in [2.05, 4.69) is 18.7 Å². The Morgan fingerprint density at radius 1 is 0.553 bits per heavy atom. The van der Waals surface area contributed by atoms with Gasteiger partial charge in [0.05, 0.1) is 0 Å². The topological polar surface area (TPSA) is 78.0 Å². The summed E-state index contributed by atoms with van der Waals surface area (Å²) in [5.41, 5.74) is 2.07. The molecule has 0 saturated carbocycles. The number of carbonyl (C=O) groups excluding carboxylic acids is 4. The van der Waals surface area contributed by atoms with Gasteiger partial charge in [-0.2, -0.15) is 0 Å². The fraction of sp³-hybridized carbons (Fsp3) is 0.226. The predicted molar refractivity (Wildman–Crippen MR) is 147 cm³/mol. The fourth-order valence-corrected chi connectivity index (χ4v) is 6.42. The molecule has 0 unspecified atom stereocenters. The number of amides is 4. The molecule has 2 heterocycles. The number of fused-ring (bicyclic) bond motifs is 2. The van der Waals surface area contributed by atoms with Crippen molar-refractivity contribution in [2.75, 3.05) is 33.2 Å². The number of hydrogen-bond donors (Lipinski definition) is 0. The number of likely N-dealkylation sites (N-methyl/N-ethyl adjacent to an activating group) is 1. The second-order valence-corrected chi connectivity index (χ2v) is 10.1. The van der Waals surface area contributed by atoms with Gasteiger partial charge in [0, 0.05) is 53.2 Å². The van der Waals surface area contributed by atoms with Crippen LogP contribution >= 0.6 is 0 Å². The first-order chi connectivity index (χ1) is 18.4. The molecule has 5 aromatic carbocycles. The maximum atomic E-state index is 13.6. The molecule has 7 nitrogen and oxygen atoms in total. The Hall–Kier alpha value is -4.36. The first-order valence-corrected chi connectivity index (χ1v) is 13.0. The van der Waals surface area contributed by atoms with Crippen LogP contribution in [0.3, 0.4) is 0 Å². The van der Waals surface area contributed by atoms with Gasteiger partial charge in [-0.3, -0.25) is 29.0 Å². The van der Waals surface area contributed by atoms with Crippen molar-refractivity contribution in [1.29, 1.82) is 0 Å². The van der Waals surface area contributed by atoms with E-state index in [1.807, 2.05) is 36.4 Å². The van der Waals surface area contributed by atoms with Gasteiger partial charge < -0.3 is 4.90 Å². The summed E-state index contributed by atoms with van der Waals surface area (Å²) in [5.74, 6) is -1.17. The van der Waals surface area contributed by atoms with Crippen molar-refractivity contribution >= 4 is 66.7 Å². The molecule has 0 radical (unpaired) electrons. The predicted octanol–water partition coefficient (Wildman–Crippen LogP) is 4.90. The SMILES string of the molecule is CCN(CC)CCN1C(=O)c2ccc3c4ccc5c6c(ccc(c7ccc(c2c37)C1=O)c64)C(=O)N(C)C5=O. The van der Waals surface area contributed by atoms with Crippen LogP contribution in [0.4, 0.5) is 0 Å². The summed E-state index contributed by atoms with van der Waals surface area (Å²) in [6.07, 6.45) is 0. The molecule has 0 bridgehead atoms. The molecule has 0 saturated heterocycles. The first kappa shape index (κ1) is 22.8. The summed E-state index contributed by atoms with van der Waals surface area (Å²) in [7, 11) is 1.50. The molecule has 0 atom stereocenters. The second kappa shape index (κ2) is 7.82. The summed E-state index contributed by atoms with van der Waals surface area (Å²) < 4.78 is 0. The maximum Gasteiger partial charge on any atom is 0.261 e. The quantitative estimate of drug-likeness (QED) is 0.194. The van der Waals surface area contributed by atoms with Crippen molar-refractivity contribution in [1.82, 2.24) is 14.7 Å². The van der Waals surface area contributed by atoms with E-state index in [0.717, 1.165) is 50.3 Å². The van der Waals surface area contributed by atoms with Gasteiger partial charge in [0.15, 0.2) is 0 Å². The molecule has 38 heavy (non-hydrogen) atoms. The third-order valence-electron chi connectivity index (χ3n) is 8.46. The van der Waals surface area contributed by atoms with Gasteiger partial charge in [-0.05, 0) is 69.7 Å². The zero-order valence-corrected chi connectivity index (χ0v) is 21.4. The summed E-state index contributed by atoms with van der Waals surface area (Å²) in [6, 6.07) is 14.9. The second-order valence-electron chi connectivity index (χ2n) is 10.1. The van der Waals surface area contributed by atoms with Crippen LogP contribution in [0.15, 0.2) is 48.5 Å². The van der Waals surface area contributed by atoms with E-state index in [9.17, 15) is 19.2 Å². The van der Waals surface area contributed by atoms with Gasteiger partial charge in [-0.15, -0.1) is 0 Å². The number of nitrogens with zero attached hydrogens (tertiary/aromatic N) is 3. The molecule has 0 aromatic heterocycles. The molecule has 4 amide bonds. The lowest BCUT2D eigenvalue weighted by molar-refractivity contribution is 0.0590. The normalized spacial score (nSPS) is 15.5. The highest BCUT2D eigenvalue weighted by Crippen LogP contribution is 2.46. The molecular formula is C31H25N3O4. The highest BCUT2D eigenvalue weighted by molar-refractivity contribution is 6.41. The van der Waals surface area contributed by atoms with Gasteiger partial charge in [-0.25, -0.2) is 0 Å². The third-order valence-corrected chi connectivity index (χ3v) is 8.46. The lowest BCUT2D eigenvalue weighted by Gasteiger charge is -2.30. The molecule has 7 heteroatoms. The van der Waals surface area contributed by atoms with Gasteiger partial charge in [0.1, 0.15) is 0 Å². The van der Waals surface area contributed by atoms with E-state index in [1.54, 1.807) is 12.1 Å². The monoisotopic (exact) mass is 503 g/mol. The van der Waals surface area contributed by atoms with Crippen LogP contribution in [0.2, 0.25) is 0 Å².